The van der Waals surface area contributed by atoms with Crippen molar-refractivity contribution in [3.63, 3.8) is 0 Å². The number of hydrogen-bond donors (Lipinski definition) is 0. The van der Waals surface area contributed by atoms with Crippen molar-refractivity contribution in [1.82, 2.24) is 0 Å². The van der Waals surface area contributed by atoms with Gasteiger partial charge in [0.05, 0.1) is 5.56 Å². The number of ether oxygens (including phenoxy) is 1. The molecule has 0 saturated carbocycles. The molecule has 0 atom stereocenters. The molecule has 0 fully saturated rings. The molecule has 0 aliphatic heterocycles. The minimum Gasteiger partial charge on any atom is -0.458 e. The zero-order chi connectivity index (χ0) is 13.7. The largest absolute Gasteiger partial charge is 0.458 e. The van der Waals surface area contributed by atoms with Gasteiger partial charge in [-0.1, -0.05) is 49.0 Å². The number of hydrogen-bond acceptors (Lipinski definition) is 2. The molecular formula is C17H16O2. The summed E-state index contributed by atoms with van der Waals surface area (Å²) in [5, 5.41) is 0. The van der Waals surface area contributed by atoms with Crippen molar-refractivity contribution in [2.24, 2.45) is 0 Å². The highest BCUT2D eigenvalue weighted by Gasteiger charge is 2.07. The molecule has 0 spiro atoms. The fourth-order valence-electron chi connectivity index (χ4n) is 1.70. The van der Waals surface area contributed by atoms with E-state index in [0.29, 0.717) is 5.56 Å². The quantitative estimate of drug-likeness (QED) is 0.605. The van der Waals surface area contributed by atoms with Crippen LogP contribution in [0.2, 0.25) is 0 Å². The van der Waals surface area contributed by atoms with Crippen LogP contribution < -0.4 is 0 Å². The molecule has 19 heavy (non-hydrogen) atoms. The number of rotatable bonds is 4. The van der Waals surface area contributed by atoms with Crippen molar-refractivity contribution in [3.05, 3.63) is 72.3 Å². The van der Waals surface area contributed by atoms with Crippen LogP contribution >= 0.6 is 0 Å². The van der Waals surface area contributed by atoms with Gasteiger partial charge < -0.3 is 4.74 Å². The highest BCUT2D eigenvalue weighted by Crippen LogP contribution is 2.19. The summed E-state index contributed by atoms with van der Waals surface area (Å²) >= 11 is 0. The Kier molecular flexibility index (Phi) is 4.14. The molecule has 2 aromatic carbocycles. The second kappa shape index (κ2) is 6.01. The lowest BCUT2D eigenvalue weighted by Gasteiger charge is -2.05. The Balaban J connectivity index is 2.10. The van der Waals surface area contributed by atoms with Gasteiger partial charge in [0.15, 0.2) is 0 Å². The second-order valence-electron chi connectivity index (χ2n) is 4.48. The number of carbonyl (C=O) groups excluding carboxylic acids is 1. The van der Waals surface area contributed by atoms with E-state index in [9.17, 15) is 4.79 Å². The summed E-state index contributed by atoms with van der Waals surface area (Å²) in [4.78, 5) is 11.7. The molecule has 2 aromatic rings. The summed E-state index contributed by atoms with van der Waals surface area (Å²) in [5.74, 6) is -0.317. The first-order valence-electron chi connectivity index (χ1n) is 6.14. The minimum atomic E-state index is -0.317. The van der Waals surface area contributed by atoms with Crippen LogP contribution in [0.1, 0.15) is 17.3 Å². The Morgan fingerprint density at radius 1 is 1.00 bits per heavy atom. The molecule has 0 heterocycles. The first kappa shape index (κ1) is 13.1. The van der Waals surface area contributed by atoms with E-state index in [4.69, 9.17) is 4.74 Å². The maximum Gasteiger partial charge on any atom is 0.338 e. The molecule has 2 rings (SSSR count). The van der Waals surface area contributed by atoms with Crippen molar-refractivity contribution in [2.45, 2.75) is 6.92 Å². The van der Waals surface area contributed by atoms with E-state index in [1.807, 2.05) is 49.4 Å². The van der Waals surface area contributed by atoms with E-state index >= 15 is 0 Å². The SMILES string of the molecule is C=C(C)COC(=O)c1ccc(-c2ccccc2)cc1. The van der Waals surface area contributed by atoms with Gasteiger partial charge in [0.2, 0.25) is 0 Å². The Morgan fingerprint density at radius 2 is 1.58 bits per heavy atom. The summed E-state index contributed by atoms with van der Waals surface area (Å²) < 4.78 is 5.10. The zero-order valence-electron chi connectivity index (χ0n) is 10.9. The fourth-order valence-corrected chi connectivity index (χ4v) is 1.70. The van der Waals surface area contributed by atoms with E-state index in [1.54, 1.807) is 12.1 Å². The summed E-state index contributed by atoms with van der Waals surface area (Å²) in [6, 6.07) is 17.4. The third-order valence-corrected chi connectivity index (χ3v) is 2.68. The van der Waals surface area contributed by atoms with E-state index in [2.05, 4.69) is 6.58 Å². The average molecular weight is 252 g/mol. The van der Waals surface area contributed by atoms with Crippen LogP contribution in [0.3, 0.4) is 0 Å². The maximum atomic E-state index is 11.7. The highest BCUT2D eigenvalue weighted by molar-refractivity contribution is 5.90. The van der Waals surface area contributed by atoms with Crippen LogP contribution in [-0.2, 0) is 4.74 Å². The summed E-state index contributed by atoms with van der Waals surface area (Å²) in [7, 11) is 0. The Hall–Kier alpha value is -2.35. The van der Waals surface area contributed by atoms with Crippen molar-refractivity contribution >= 4 is 5.97 Å². The van der Waals surface area contributed by atoms with Gasteiger partial charge in [-0.15, -0.1) is 0 Å². The van der Waals surface area contributed by atoms with Crippen LogP contribution in [0, 0.1) is 0 Å². The molecule has 0 bridgehead atoms. The van der Waals surface area contributed by atoms with E-state index in [-0.39, 0.29) is 12.6 Å². The topological polar surface area (TPSA) is 26.3 Å². The molecular weight excluding hydrogens is 236 g/mol. The highest BCUT2D eigenvalue weighted by atomic mass is 16.5. The molecule has 0 N–H and O–H groups in total. The second-order valence-corrected chi connectivity index (χ2v) is 4.48. The van der Waals surface area contributed by atoms with Gasteiger partial charge >= 0.3 is 5.97 Å². The standard InChI is InChI=1S/C17H16O2/c1-13(2)12-19-17(18)16-10-8-15(9-11-16)14-6-4-3-5-7-14/h3-11H,1,12H2,2H3. The Morgan fingerprint density at radius 3 is 2.16 bits per heavy atom. The summed E-state index contributed by atoms with van der Waals surface area (Å²) in [6.45, 7) is 5.79. The molecule has 2 heteroatoms. The molecule has 0 aromatic heterocycles. The van der Waals surface area contributed by atoms with E-state index in [0.717, 1.165) is 16.7 Å². The number of esters is 1. The number of carbonyl (C=O) groups is 1. The lowest BCUT2D eigenvalue weighted by Crippen LogP contribution is -2.06. The molecule has 0 amide bonds. The first-order valence-corrected chi connectivity index (χ1v) is 6.14. The molecule has 0 saturated heterocycles. The Labute approximate surface area is 113 Å². The van der Waals surface area contributed by atoms with Gasteiger partial charge in [0.25, 0.3) is 0 Å². The minimum absolute atomic E-state index is 0.263. The van der Waals surface area contributed by atoms with Gasteiger partial charge in [0, 0.05) is 0 Å². The van der Waals surface area contributed by atoms with Crippen molar-refractivity contribution in [3.8, 4) is 11.1 Å². The Bertz CT molecular complexity index is 568. The third-order valence-electron chi connectivity index (χ3n) is 2.68. The first-order chi connectivity index (χ1) is 9.16. The smallest absolute Gasteiger partial charge is 0.338 e. The third kappa shape index (κ3) is 3.55. The number of benzene rings is 2. The van der Waals surface area contributed by atoms with Crippen LogP contribution in [0.25, 0.3) is 11.1 Å². The summed E-state index contributed by atoms with van der Waals surface area (Å²) in [6.07, 6.45) is 0. The van der Waals surface area contributed by atoms with Gasteiger partial charge in [-0.3, -0.25) is 0 Å². The van der Waals surface area contributed by atoms with Gasteiger partial charge in [-0.05, 0) is 35.8 Å². The normalized spacial score (nSPS) is 9.95. The van der Waals surface area contributed by atoms with E-state index < -0.39 is 0 Å². The molecule has 0 unspecified atom stereocenters. The van der Waals surface area contributed by atoms with Crippen molar-refractivity contribution in [1.29, 1.82) is 0 Å². The fraction of sp³-hybridized carbons (Fsp3) is 0.118. The predicted molar refractivity (Wildman–Crippen MR) is 77.0 cm³/mol. The summed E-state index contributed by atoms with van der Waals surface area (Å²) in [5.41, 5.74) is 3.59. The zero-order valence-corrected chi connectivity index (χ0v) is 10.9. The molecule has 96 valence electrons. The average Bonchev–Trinajstić information content (AvgIpc) is 2.46. The lowest BCUT2D eigenvalue weighted by molar-refractivity contribution is 0.0540. The lowest BCUT2D eigenvalue weighted by atomic mass is 10.0. The van der Waals surface area contributed by atoms with Crippen molar-refractivity contribution in [2.75, 3.05) is 6.61 Å². The monoisotopic (exact) mass is 252 g/mol. The van der Waals surface area contributed by atoms with Crippen LogP contribution in [-0.4, -0.2) is 12.6 Å². The van der Waals surface area contributed by atoms with E-state index in [1.165, 1.54) is 0 Å². The van der Waals surface area contributed by atoms with Crippen LogP contribution in [0.5, 0.6) is 0 Å². The molecule has 0 radical (unpaired) electrons. The molecule has 0 aliphatic rings. The van der Waals surface area contributed by atoms with Gasteiger partial charge in [-0.2, -0.15) is 0 Å². The molecule has 2 nitrogen and oxygen atoms in total. The predicted octanol–water partition coefficient (Wildman–Crippen LogP) is 4.09. The van der Waals surface area contributed by atoms with Gasteiger partial charge in [-0.25, -0.2) is 4.79 Å². The van der Waals surface area contributed by atoms with Crippen LogP contribution in [0.15, 0.2) is 66.7 Å². The van der Waals surface area contributed by atoms with Crippen LogP contribution in [0.4, 0.5) is 0 Å². The van der Waals surface area contributed by atoms with Gasteiger partial charge in [0.1, 0.15) is 6.61 Å². The van der Waals surface area contributed by atoms with Crippen molar-refractivity contribution < 1.29 is 9.53 Å². The maximum absolute atomic E-state index is 11.7. The molecule has 0 aliphatic carbocycles.